The number of sulfonamides is 1. The third kappa shape index (κ3) is 10.7. The number of carbonyl (C=O) groups is 1. The molecule has 1 aromatic rings. The summed E-state index contributed by atoms with van der Waals surface area (Å²) in [5.74, 6) is -0.0617. The molecule has 1 unspecified atom stereocenters. The molecule has 0 spiro atoms. The second-order valence-electron chi connectivity index (χ2n) is 9.92. The van der Waals surface area contributed by atoms with Crippen LogP contribution >= 0.6 is 0 Å². The van der Waals surface area contributed by atoms with Gasteiger partial charge in [-0.3, -0.25) is 9.52 Å². The molecule has 0 aliphatic carbocycles. The van der Waals surface area contributed by atoms with E-state index in [0.29, 0.717) is 17.8 Å². The molecule has 1 N–H and O–H groups in total. The summed E-state index contributed by atoms with van der Waals surface area (Å²) in [6.45, 7) is 6.10. The van der Waals surface area contributed by atoms with E-state index >= 15 is 0 Å². The highest BCUT2D eigenvalue weighted by atomic mass is 32.2. The Balaban J connectivity index is 1.57. The van der Waals surface area contributed by atoms with Crippen LogP contribution in [0.3, 0.4) is 0 Å². The number of hydrogen-bond donors (Lipinski definition) is 1. The fourth-order valence-electron chi connectivity index (χ4n) is 4.65. The lowest BCUT2D eigenvalue weighted by atomic mass is 10.0. The van der Waals surface area contributed by atoms with E-state index in [1.54, 1.807) is 24.3 Å². The van der Waals surface area contributed by atoms with Crippen LogP contribution < -0.4 is 9.73 Å². The maximum absolute atomic E-state index is 12.5. The highest BCUT2D eigenvalue weighted by Gasteiger charge is 2.32. The molecule has 0 radical (unpaired) electrons. The topological polar surface area (TPSA) is 78.8 Å². The molecule has 0 bridgehead atoms. The van der Waals surface area contributed by atoms with Crippen molar-refractivity contribution in [1.82, 2.24) is 0 Å². The SMILES string of the molecule is CCCCCCCCCCCCCCCCS(=O)(=O)Nc1ccc(N2N=C(C)C(CC)C2=O)cc1. The zero-order valence-corrected chi connectivity index (χ0v) is 23.0. The summed E-state index contributed by atoms with van der Waals surface area (Å²) in [5.41, 5.74) is 1.98. The Hall–Kier alpha value is -1.89. The van der Waals surface area contributed by atoms with Gasteiger partial charge in [0.1, 0.15) is 0 Å². The van der Waals surface area contributed by atoms with Crippen LogP contribution in [0.4, 0.5) is 11.4 Å². The number of nitrogens with zero attached hydrogens (tertiary/aromatic N) is 2. The first-order valence-electron chi connectivity index (χ1n) is 13.9. The standard InChI is InChI=1S/C28H47N3O3S/c1-4-6-7-8-9-10-11-12-13-14-15-16-17-18-23-35(33,34)30-25-19-21-26(22-20-25)31-28(32)27(5-2)24(3)29-31/h19-22,27,30H,4-18,23H2,1-3H3. The van der Waals surface area contributed by atoms with E-state index in [0.717, 1.165) is 25.0 Å². The summed E-state index contributed by atoms with van der Waals surface area (Å²) in [4.78, 5) is 12.5. The largest absolute Gasteiger partial charge is 0.284 e. The van der Waals surface area contributed by atoms with E-state index in [1.807, 2.05) is 13.8 Å². The van der Waals surface area contributed by atoms with E-state index in [1.165, 1.54) is 75.6 Å². The van der Waals surface area contributed by atoms with E-state index in [-0.39, 0.29) is 17.6 Å². The lowest BCUT2D eigenvalue weighted by Gasteiger charge is -2.14. The van der Waals surface area contributed by atoms with Crippen molar-refractivity contribution in [3.63, 3.8) is 0 Å². The molecule has 0 aromatic heterocycles. The minimum atomic E-state index is -3.37. The van der Waals surface area contributed by atoms with Gasteiger partial charge < -0.3 is 0 Å². The average Bonchev–Trinajstić information content (AvgIpc) is 3.12. The first-order chi connectivity index (χ1) is 16.9. The van der Waals surface area contributed by atoms with E-state index in [2.05, 4.69) is 16.7 Å². The van der Waals surface area contributed by atoms with E-state index in [4.69, 9.17) is 0 Å². The minimum absolute atomic E-state index is 0.0314. The number of amides is 1. The molecule has 7 heteroatoms. The van der Waals surface area contributed by atoms with Gasteiger partial charge in [-0.15, -0.1) is 0 Å². The maximum atomic E-state index is 12.5. The highest BCUT2D eigenvalue weighted by molar-refractivity contribution is 7.92. The molecule has 1 aliphatic rings. The Bertz CT molecular complexity index is 881. The van der Waals surface area contributed by atoms with Crippen LogP contribution in [-0.2, 0) is 14.8 Å². The summed E-state index contributed by atoms with van der Waals surface area (Å²) < 4.78 is 27.5. The van der Waals surface area contributed by atoms with Crippen molar-refractivity contribution in [3.05, 3.63) is 24.3 Å². The summed E-state index contributed by atoms with van der Waals surface area (Å²) in [6.07, 6.45) is 18.1. The highest BCUT2D eigenvalue weighted by Crippen LogP contribution is 2.27. The van der Waals surface area contributed by atoms with Crippen molar-refractivity contribution in [1.29, 1.82) is 0 Å². The first kappa shape index (κ1) is 29.3. The van der Waals surface area contributed by atoms with Crippen LogP contribution in [0.25, 0.3) is 0 Å². The fourth-order valence-corrected chi connectivity index (χ4v) is 5.83. The molecule has 0 fully saturated rings. The molecule has 1 aliphatic heterocycles. The zero-order valence-electron chi connectivity index (χ0n) is 22.2. The van der Waals surface area contributed by atoms with Crippen molar-refractivity contribution in [2.24, 2.45) is 11.0 Å². The molecule has 0 saturated carbocycles. The maximum Gasteiger partial charge on any atom is 0.256 e. The van der Waals surface area contributed by atoms with Gasteiger partial charge in [-0.2, -0.15) is 5.10 Å². The van der Waals surface area contributed by atoms with Gasteiger partial charge in [0.25, 0.3) is 5.91 Å². The Morgan fingerprint density at radius 3 is 1.74 bits per heavy atom. The van der Waals surface area contributed by atoms with Crippen molar-refractivity contribution < 1.29 is 13.2 Å². The lowest BCUT2D eigenvalue weighted by molar-refractivity contribution is -0.119. The van der Waals surface area contributed by atoms with Gasteiger partial charge in [-0.1, -0.05) is 97.3 Å². The van der Waals surface area contributed by atoms with Crippen LogP contribution in [0.2, 0.25) is 0 Å². The molecule has 2 rings (SSSR count). The predicted molar refractivity (Wildman–Crippen MR) is 149 cm³/mol. The molecular formula is C28H47N3O3S. The number of anilines is 2. The van der Waals surface area contributed by atoms with Gasteiger partial charge in [0.15, 0.2) is 0 Å². The predicted octanol–water partition coefficient (Wildman–Crippen LogP) is 7.66. The quantitative estimate of drug-likeness (QED) is 0.196. The number of hydrazone groups is 1. The Morgan fingerprint density at radius 2 is 1.29 bits per heavy atom. The van der Waals surface area contributed by atoms with Gasteiger partial charge >= 0.3 is 0 Å². The minimum Gasteiger partial charge on any atom is -0.284 e. The molecule has 0 saturated heterocycles. The van der Waals surface area contributed by atoms with Crippen molar-refractivity contribution in [2.75, 3.05) is 15.5 Å². The Kier molecular flexibility index (Phi) is 13.4. The molecule has 198 valence electrons. The smallest absolute Gasteiger partial charge is 0.256 e. The monoisotopic (exact) mass is 505 g/mol. The normalized spacial score (nSPS) is 16.1. The molecule has 35 heavy (non-hydrogen) atoms. The molecule has 1 atom stereocenters. The van der Waals surface area contributed by atoms with Crippen LogP contribution in [-0.4, -0.2) is 25.8 Å². The molecule has 6 nitrogen and oxygen atoms in total. The summed E-state index contributed by atoms with van der Waals surface area (Å²) in [6, 6.07) is 6.85. The molecule has 1 amide bonds. The van der Waals surface area contributed by atoms with Crippen LogP contribution in [0.5, 0.6) is 0 Å². The molecule has 1 aromatic carbocycles. The van der Waals surface area contributed by atoms with Gasteiger partial charge in [-0.25, -0.2) is 13.4 Å². The van der Waals surface area contributed by atoms with Gasteiger partial charge in [-0.05, 0) is 44.0 Å². The first-order valence-corrected chi connectivity index (χ1v) is 15.5. The summed E-state index contributed by atoms with van der Waals surface area (Å²) in [5, 5.41) is 5.77. The zero-order chi connectivity index (χ0) is 25.5. The Morgan fingerprint density at radius 1 is 0.800 bits per heavy atom. The molecule has 1 heterocycles. The second kappa shape index (κ2) is 16.0. The lowest BCUT2D eigenvalue weighted by Crippen LogP contribution is -2.26. The number of hydrogen-bond acceptors (Lipinski definition) is 4. The van der Waals surface area contributed by atoms with Crippen LogP contribution in [0.15, 0.2) is 29.4 Å². The molecular weight excluding hydrogens is 458 g/mol. The van der Waals surface area contributed by atoms with Crippen molar-refractivity contribution in [2.45, 2.75) is 117 Å². The van der Waals surface area contributed by atoms with Gasteiger partial charge in [0.2, 0.25) is 10.0 Å². The van der Waals surface area contributed by atoms with E-state index < -0.39 is 10.0 Å². The van der Waals surface area contributed by atoms with Crippen molar-refractivity contribution >= 4 is 33.0 Å². The van der Waals surface area contributed by atoms with Crippen LogP contribution in [0, 0.1) is 5.92 Å². The van der Waals surface area contributed by atoms with Gasteiger partial charge in [0, 0.05) is 11.4 Å². The van der Waals surface area contributed by atoms with Crippen LogP contribution in [0.1, 0.15) is 117 Å². The number of unbranched alkanes of at least 4 members (excludes halogenated alkanes) is 13. The average molecular weight is 506 g/mol. The Labute approximate surface area is 214 Å². The number of rotatable bonds is 19. The summed E-state index contributed by atoms with van der Waals surface area (Å²) in [7, 11) is -3.37. The number of nitrogens with one attached hydrogen (secondary N) is 1. The van der Waals surface area contributed by atoms with Gasteiger partial charge in [0.05, 0.1) is 17.4 Å². The second-order valence-corrected chi connectivity index (χ2v) is 11.8. The number of carbonyl (C=O) groups excluding carboxylic acids is 1. The van der Waals surface area contributed by atoms with E-state index in [9.17, 15) is 13.2 Å². The van der Waals surface area contributed by atoms with Crippen molar-refractivity contribution in [3.8, 4) is 0 Å². The fraction of sp³-hybridized carbons (Fsp3) is 0.714. The summed E-state index contributed by atoms with van der Waals surface area (Å²) >= 11 is 0. The number of benzene rings is 1. The third-order valence-electron chi connectivity index (χ3n) is 6.83. The third-order valence-corrected chi connectivity index (χ3v) is 8.20.